The summed E-state index contributed by atoms with van der Waals surface area (Å²) in [5.41, 5.74) is 3.34. The minimum absolute atomic E-state index is 0.548. The van der Waals surface area contributed by atoms with E-state index in [0.29, 0.717) is 5.56 Å². The molecule has 30 heavy (non-hydrogen) atoms. The molecule has 0 radical (unpaired) electrons. The van der Waals surface area contributed by atoms with Crippen molar-refractivity contribution in [2.24, 2.45) is 0 Å². The van der Waals surface area contributed by atoms with Gasteiger partial charge in [-0.2, -0.15) is 10.4 Å². The van der Waals surface area contributed by atoms with Crippen molar-refractivity contribution >= 4 is 23.1 Å². The van der Waals surface area contributed by atoms with E-state index in [2.05, 4.69) is 44.6 Å². The number of hydrogen-bond acceptors (Lipinski definition) is 7. The van der Waals surface area contributed by atoms with Crippen LogP contribution in [0, 0.1) is 11.3 Å². The van der Waals surface area contributed by atoms with Crippen molar-refractivity contribution < 1.29 is 0 Å². The fraction of sp³-hybridized carbons (Fsp3) is 0.182. The van der Waals surface area contributed by atoms with Crippen molar-refractivity contribution in [3.8, 4) is 17.2 Å². The van der Waals surface area contributed by atoms with Crippen molar-refractivity contribution in [1.82, 2.24) is 24.9 Å². The van der Waals surface area contributed by atoms with Crippen LogP contribution in [0.25, 0.3) is 16.6 Å². The molecular formula is C22H19N7S. The van der Waals surface area contributed by atoms with Crippen LogP contribution in [0.1, 0.15) is 5.56 Å². The normalized spacial score (nSPS) is 14.0. The average Bonchev–Trinajstić information content (AvgIpc) is 3.24. The van der Waals surface area contributed by atoms with Gasteiger partial charge in [0.1, 0.15) is 16.9 Å². The third kappa shape index (κ3) is 3.61. The number of pyridine rings is 3. The highest BCUT2D eigenvalue weighted by molar-refractivity contribution is 7.99. The summed E-state index contributed by atoms with van der Waals surface area (Å²) in [5.74, 6) is 0.996. The van der Waals surface area contributed by atoms with Gasteiger partial charge in [0, 0.05) is 60.8 Å². The molecule has 4 aromatic rings. The molecule has 0 aliphatic carbocycles. The van der Waals surface area contributed by atoms with Crippen LogP contribution in [0.2, 0.25) is 0 Å². The Balaban J connectivity index is 1.54. The number of rotatable bonds is 4. The van der Waals surface area contributed by atoms with Crippen LogP contribution in [0.5, 0.6) is 0 Å². The number of piperazine rings is 1. The van der Waals surface area contributed by atoms with Crippen molar-refractivity contribution in [1.29, 1.82) is 5.26 Å². The van der Waals surface area contributed by atoms with Gasteiger partial charge in [0.15, 0.2) is 0 Å². The average molecular weight is 414 g/mol. The molecular weight excluding hydrogens is 394 g/mol. The smallest absolute Gasteiger partial charge is 0.128 e. The Morgan fingerprint density at radius 3 is 2.67 bits per heavy atom. The van der Waals surface area contributed by atoms with Crippen LogP contribution in [0.3, 0.4) is 0 Å². The Morgan fingerprint density at radius 1 is 1.03 bits per heavy atom. The maximum absolute atomic E-state index is 9.51. The van der Waals surface area contributed by atoms with E-state index in [4.69, 9.17) is 4.98 Å². The first kappa shape index (κ1) is 18.6. The molecule has 8 heteroatoms. The second-order valence-corrected chi connectivity index (χ2v) is 8.03. The summed E-state index contributed by atoms with van der Waals surface area (Å²) in [4.78, 5) is 12.3. The fourth-order valence-electron chi connectivity index (χ4n) is 3.56. The number of nitrogens with one attached hydrogen (secondary N) is 1. The standard InChI is InChI=1S/C22H19N7S/c23-12-18-14-27-29-15-17(11-19(22(18)29)30-21-3-1-2-6-25-21)16-4-5-20(26-13-16)28-9-7-24-8-10-28/h1-6,11,13-15,24H,7-10H2. The quantitative estimate of drug-likeness (QED) is 0.550. The topological polar surface area (TPSA) is 82.1 Å². The molecule has 148 valence electrons. The fourth-order valence-corrected chi connectivity index (χ4v) is 4.53. The molecule has 0 saturated carbocycles. The summed E-state index contributed by atoms with van der Waals surface area (Å²) in [7, 11) is 0. The summed E-state index contributed by atoms with van der Waals surface area (Å²) in [5, 5.41) is 18.1. The molecule has 0 bridgehead atoms. The monoisotopic (exact) mass is 413 g/mol. The van der Waals surface area contributed by atoms with Gasteiger partial charge in [-0.05, 0) is 30.3 Å². The van der Waals surface area contributed by atoms with Crippen LogP contribution in [-0.4, -0.2) is 45.8 Å². The molecule has 1 aliphatic rings. The predicted octanol–water partition coefficient (Wildman–Crippen LogP) is 3.22. The lowest BCUT2D eigenvalue weighted by Gasteiger charge is -2.28. The highest BCUT2D eigenvalue weighted by Gasteiger charge is 2.15. The van der Waals surface area contributed by atoms with Crippen molar-refractivity contribution in [2.75, 3.05) is 31.1 Å². The molecule has 5 heterocycles. The van der Waals surface area contributed by atoms with E-state index >= 15 is 0 Å². The van der Waals surface area contributed by atoms with Crippen LogP contribution < -0.4 is 10.2 Å². The van der Waals surface area contributed by atoms with Crippen LogP contribution in [0.4, 0.5) is 5.82 Å². The molecule has 1 N–H and O–H groups in total. The molecule has 0 amide bonds. The van der Waals surface area contributed by atoms with E-state index in [1.165, 1.54) is 11.8 Å². The van der Waals surface area contributed by atoms with Gasteiger partial charge in [-0.3, -0.25) is 0 Å². The summed E-state index contributed by atoms with van der Waals surface area (Å²) in [6.45, 7) is 3.89. The molecule has 7 nitrogen and oxygen atoms in total. The molecule has 0 unspecified atom stereocenters. The van der Waals surface area contributed by atoms with E-state index in [0.717, 1.165) is 58.6 Å². The molecule has 5 rings (SSSR count). The molecule has 0 spiro atoms. The number of anilines is 1. The maximum atomic E-state index is 9.51. The lowest BCUT2D eigenvalue weighted by Crippen LogP contribution is -2.43. The lowest BCUT2D eigenvalue weighted by atomic mass is 10.1. The third-order valence-corrected chi connectivity index (χ3v) is 6.05. The van der Waals surface area contributed by atoms with E-state index < -0.39 is 0 Å². The number of hydrogen-bond donors (Lipinski definition) is 1. The number of nitriles is 1. The van der Waals surface area contributed by atoms with Gasteiger partial charge in [-0.25, -0.2) is 14.5 Å². The van der Waals surface area contributed by atoms with Gasteiger partial charge in [-0.15, -0.1) is 0 Å². The van der Waals surface area contributed by atoms with Crippen LogP contribution >= 0.6 is 11.8 Å². The van der Waals surface area contributed by atoms with E-state index in [1.54, 1.807) is 16.9 Å². The SMILES string of the molecule is N#Cc1cnn2cc(-c3ccc(N4CCNCC4)nc3)cc(Sc3ccccn3)c12. The molecule has 0 atom stereocenters. The summed E-state index contributed by atoms with van der Waals surface area (Å²) < 4.78 is 1.77. The molecule has 4 aromatic heterocycles. The van der Waals surface area contributed by atoms with E-state index in [9.17, 15) is 5.26 Å². The summed E-state index contributed by atoms with van der Waals surface area (Å²) in [6.07, 6.45) is 7.22. The molecule has 1 aliphatic heterocycles. The van der Waals surface area contributed by atoms with Gasteiger partial charge >= 0.3 is 0 Å². The minimum Gasteiger partial charge on any atom is -0.354 e. The van der Waals surface area contributed by atoms with Gasteiger partial charge < -0.3 is 10.2 Å². The Morgan fingerprint density at radius 2 is 1.93 bits per heavy atom. The Hall–Kier alpha value is -3.41. The van der Waals surface area contributed by atoms with Crippen molar-refractivity contribution in [3.63, 3.8) is 0 Å². The molecule has 1 fully saturated rings. The van der Waals surface area contributed by atoms with Gasteiger partial charge in [-0.1, -0.05) is 17.8 Å². The zero-order valence-corrected chi connectivity index (χ0v) is 17.0. The van der Waals surface area contributed by atoms with Gasteiger partial charge in [0.05, 0.1) is 17.3 Å². The second kappa shape index (κ2) is 8.14. The largest absolute Gasteiger partial charge is 0.354 e. The first-order valence-corrected chi connectivity index (χ1v) is 10.6. The van der Waals surface area contributed by atoms with Crippen LogP contribution in [0.15, 0.2) is 71.1 Å². The van der Waals surface area contributed by atoms with E-state index in [-0.39, 0.29) is 0 Å². The van der Waals surface area contributed by atoms with Crippen LogP contribution in [-0.2, 0) is 0 Å². The minimum atomic E-state index is 0.548. The van der Waals surface area contributed by atoms with Crippen molar-refractivity contribution in [3.05, 3.63) is 66.7 Å². The zero-order valence-electron chi connectivity index (χ0n) is 16.2. The van der Waals surface area contributed by atoms with Gasteiger partial charge in [0.2, 0.25) is 0 Å². The zero-order chi connectivity index (χ0) is 20.3. The third-order valence-electron chi connectivity index (χ3n) is 5.07. The Bertz CT molecular complexity index is 1210. The number of nitrogens with zero attached hydrogens (tertiary/aromatic N) is 6. The van der Waals surface area contributed by atoms with E-state index in [1.807, 2.05) is 30.6 Å². The highest BCUT2D eigenvalue weighted by Crippen LogP contribution is 2.34. The Kier molecular flexibility index (Phi) is 5.05. The Labute approximate surface area is 178 Å². The summed E-state index contributed by atoms with van der Waals surface area (Å²) >= 11 is 1.53. The summed E-state index contributed by atoms with van der Waals surface area (Å²) in [6, 6.07) is 14.3. The maximum Gasteiger partial charge on any atom is 0.128 e. The first-order valence-electron chi connectivity index (χ1n) is 9.74. The van der Waals surface area contributed by atoms with Gasteiger partial charge in [0.25, 0.3) is 0 Å². The molecule has 1 saturated heterocycles. The number of fused-ring (bicyclic) bond motifs is 1. The molecule has 0 aromatic carbocycles. The predicted molar refractivity (Wildman–Crippen MR) is 117 cm³/mol. The van der Waals surface area contributed by atoms with Crippen molar-refractivity contribution in [2.45, 2.75) is 9.92 Å². The number of aromatic nitrogens is 4. The second-order valence-electron chi connectivity index (χ2n) is 6.97. The highest BCUT2D eigenvalue weighted by atomic mass is 32.2. The first-order chi connectivity index (χ1) is 14.8. The lowest BCUT2D eigenvalue weighted by molar-refractivity contribution is 0.585.